The van der Waals surface area contributed by atoms with E-state index in [-0.39, 0.29) is 0 Å². The summed E-state index contributed by atoms with van der Waals surface area (Å²) in [5.41, 5.74) is 3.47. The zero-order valence-corrected chi connectivity index (χ0v) is 14.1. The number of fused-ring (bicyclic) bond motifs is 1. The lowest BCUT2D eigenvalue weighted by atomic mass is 10.1. The Bertz CT molecular complexity index is 1060. The third-order valence-electron chi connectivity index (χ3n) is 4.01. The molecule has 0 atom stereocenters. The van der Waals surface area contributed by atoms with Crippen LogP contribution < -0.4 is 10.1 Å². The van der Waals surface area contributed by atoms with E-state index in [9.17, 15) is 4.79 Å². The minimum atomic E-state index is -0.531. The number of amides is 1. The van der Waals surface area contributed by atoms with Gasteiger partial charge in [-0.3, -0.25) is 15.0 Å². The molecule has 2 aromatic heterocycles. The number of aryl methyl sites for hydroxylation is 1. The number of aromatic nitrogens is 3. The van der Waals surface area contributed by atoms with Crippen molar-refractivity contribution in [3.63, 3.8) is 0 Å². The number of hydrogen-bond acceptors (Lipinski definition) is 4. The minimum absolute atomic E-state index is 0.495. The van der Waals surface area contributed by atoms with Crippen LogP contribution in [0.2, 0.25) is 0 Å². The predicted octanol–water partition coefficient (Wildman–Crippen LogP) is 4.25. The lowest BCUT2D eigenvalue weighted by Crippen LogP contribution is -2.16. The number of carbonyl (C=O) groups excluding carboxylic acids is 1. The fraction of sp³-hybridized carbons (Fsp3) is 0.0500. The first kappa shape index (κ1) is 15.8. The Hall–Kier alpha value is -3.67. The molecule has 0 saturated heterocycles. The molecule has 0 aliphatic rings. The molecule has 4 rings (SSSR count). The van der Waals surface area contributed by atoms with Crippen molar-refractivity contribution in [2.45, 2.75) is 0 Å². The Morgan fingerprint density at radius 2 is 1.81 bits per heavy atom. The fourth-order valence-corrected chi connectivity index (χ4v) is 2.77. The first-order valence-electron chi connectivity index (χ1n) is 8.12. The van der Waals surface area contributed by atoms with Crippen LogP contribution in [0.15, 0.2) is 73.1 Å². The fourth-order valence-electron chi connectivity index (χ4n) is 2.77. The number of carbonyl (C=O) groups is 1. The number of anilines is 1. The summed E-state index contributed by atoms with van der Waals surface area (Å²) in [6, 6.07) is 18.3. The molecule has 6 nitrogen and oxygen atoms in total. The minimum Gasteiger partial charge on any atom is -0.410 e. The van der Waals surface area contributed by atoms with Gasteiger partial charge in [0, 0.05) is 36.1 Å². The van der Waals surface area contributed by atoms with E-state index in [0.717, 1.165) is 22.2 Å². The van der Waals surface area contributed by atoms with Crippen LogP contribution in [0, 0.1) is 0 Å². The van der Waals surface area contributed by atoms with Crippen LogP contribution in [0.1, 0.15) is 0 Å². The molecular formula is C20H16N4O2. The topological polar surface area (TPSA) is 69.0 Å². The molecule has 0 spiro atoms. The summed E-state index contributed by atoms with van der Waals surface area (Å²) >= 11 is 0. The molecule has 1 N–H and O–H groups in total. The molecule has 128 valence electrons. The van der Waals surface area contributed by atoms with Gasteiger partial charge in [-0.1, -0.05) is 30.3 Å². The van der Waals surface area contributed by atoms with Crippen molar-refractivity contribution in [3.05, 3.63) is 73.1 Å². The van der Waals surface area contributed by atoms with Gasteiger partial charge in [0.2, 0.25) is 0 Å². The molecule has 4 aromatic rings. The van der Waals surface area contributed by atoms with Crippen LogP contribution in [-0.4, -0.2) is 20.9 Å². The molecule has 26 heavy (non-hydrogen) atoms. The monoisotopic (exact) mass is 344 g/mol. The van der Waals surface area contributed by atoms with Crippen molar-refractivity contribution in [1.29, 1.82) is 0 Å². The number of hydrogen-bond donors (Lipinski definition) is 1. The molecule has 2 aromatic carbocycles. The maximum absolute atomic E-state index is 12.0. The second kappa shape index (κ2) is 6.68. The highest BCUT2D eigenvalue weighted by molar-refractivity contribution is 5.93. The number of nitrogens with zero attached hydrogens (tertiary/aromatic N) is 3. The van der Waals surface area contributed by atoms with Gasteiger partial charge in [0.1, 0.15) is 11.4 Å². The molecule has 0 saturated carbocycles. The van der Waals surface area contributed by atoms with Crippen molar-refractivity contribution < 1.29 is 9.53 Å². The van der Waals surface area contributed by atoms with E-state index in [0.29, 0.717) is 11.4 Å². The summed E-state index contributed by atoms with van der Waals surface area (Å²) in [6.07, 6.45) is 3.02. The van der Waals surface area contributed by atoms with Crippen LogP contribution in [0.4, 0.5) is 10.5 Å². The number of benzene rings is 2. The SMILES string of the molecule is Cn1nc(-c2ccc(NC(=O)Oc3ccccc3)cc2)c2cnccc21. The van der Waals surface area contributed by atoms with Crippen LogP contribution in [-0.2, 0) is 7.05 Å². The van der Waals surface area contributed by atoms with E-state index in [1.54, 1.807) is 24.5 Å². The van der Waals surface area contributed by atoms with Gasteiger partial charge in [0.25, 0.3) is 0 Å². The van der Waals surface area contributed by atoms with Gasteiger partial charge in [-0.2, -0.15) is 5.10 Å². The highest BCUT2D eigenvalue weighted by Crippen LogP contribution is 2.27. The molecule has 0 bridgehead atoms. The zero-order valence-electron chi connectivity index (χ0n) is 14.1. The highest BCUT2D eigenvalue weighted by atomic mass is 16.6. The van der Waals surface area contributed by atoms with E-state index in [1.165, 1.54) is 0 Å². The van der Waals surface area contributed by atoms with Crippen LogP contribution in [0.3, 0.4) is 0 Å². The molecule has 0 unspecified atom stereocenters. The van der Waals surface area contributed by atoms with Crippen LogP contribution in [0.25, 0.3) is 22.2 Å². The average molecular weight is 344 g/mol. The van der Waals surface area contributed by atoms with E-state index in [1.807, 2.05) is 60.3 Å². The van der Waals surface area contributed by atoms with E-state index in [2.05, 4.69) is 15.4 Å². The smallest absolute Gasteiger partial charge is 0.410 e. The lowest BCUT2D eigenvalue weighted by molar-refractivity contribution is 0.215. The standard InChI is InChI=1S/C20H16N4O2/c1-24-18-11-12-21-13-17(18)19(23-24)14-7-9-15(10-8-14)22-20(25)26-16-5-3-2-4-6-16/h2-13H,1H3,(H,22,25). The Balaban J connectivity index is 1.52. The second-order valence-electron chi connectivity index (χ2n) is 5.77. The molecule has 2 heterocycles. The largest absolute Gasteiger partial charge is 0.417 e. The molecule has 0 aliphatic carbocycles. The number of ether oxygens (including phenoxy) is 1. The predicted molar refractivity (Wildman–Crippen MR) is 100 cm³/mol. The Labute approximate surface area is 150 Å². The Morgan fingerprint density at radius 3 is 2.58 bits per heavy atom. The second-order valence-corrected chi connectivity index (χ2v) is 5.77. The van der Waals surface area contributed by atoms with Crippen molar-refractivity contribution in [2.75, 3.05) is 5.32 Å². The summed E-state index contributed by atoms with van der Waals surface area (Å²) < 4.78 is 7.05. The van der Waals surface area contributed by atoms with Crippen molar-refractivity contribution >= 4 is 22.7 Å². The van der Waals surface area contributed by atoms with Gasteiger partial charge < -0.3 is 4.74 Å². The highest BCUT2D eigenvalue weighted by Gasteiger charge is 2.11. The first-order valence-corrected chi connectivity index (χ1v) is 8.12. The van der Waals surface area contributed by atoms with Gasteiger partial charge in [-0.05, 0) is 30.3 Å². The van der Waals surface area contributed by atoms with Crippen LogP contribution >= 0.6 is 0 Å². The molecule has 0 aliphatic heterocycles. The number of para-hydroxylation sites is 1. The Kier molecular flexibility index (Phi) is 4.07. The summed E-state index contributed by atoms with van der Waals surface area (Å²) in [4.78, 5) is 16.1. The number of rotatable bonds is 3. The van der Waals surface area contributed by atoms with Crippen molar-refractivity contribution in [2.24, 2.45) is 7.05 Å². The first-order chi connectivity index (χ1) is 12.7. The van der Waals surface area contributed by atoms with E-state index >= 15 is 0 Å². The molecule has 0 radical (unpaired) electrons. The van der Waals surface area contributed by atoms with Gasteiger partial charge in [-0.25, -0.2) is 4.79 Å². The maximum atomic E-state index is 12.0. The van der Waals surface area contributed by atoms with Crippen LogP contribution in [0.5, 0.6) is 5.75 Å². The third kappa shape index (κ3) is 3.12. The summed E-state index contributed by atoms with van der Waals surface area (Å²) in [6.45, 7) is 0. The normalized spacial score (nSPS) is 10.7. The summed E-state index contributed by atoms with van der Waals surface area (Å²) in [5.74, 6) is 0.495. The number of nitrogens with one attached hydrogen (secondary N) is 1. The molecule has 1 amide bonds. The van der Waals surface area contributed by atoms with E-state index < -0.39 is 6.09 Å². The molecular weight excluding hydrogens is 328 g/mol. The molecule has 0 fully saturated rings. The van der Waals surface area contributed by atoms with Crippen molar-refractivity contribution in [3.8, 4) is 17.0 Å². The van der Waals surface area contributed by atoms with Gasteiger partial charge in [-0.15, -0.1) is 0 Å². The number of pyridine rings is 1. The van der Waals surface area contributed by atoms with Gasteiger partial charge >= 0.3 is 6.09 Å². The summed E-state index contributed by atoms with van der Waals surface area (Å²) in [5, 5.41) is 8.27. The maximum Gasteiger partial charge on any atom is 0.417 e. The Morgan fingerprint density at radius 1 is 1.04 bits per heavy atom. The van der Waals surface area contributed by atoms with Gasteiger partial charge in [0.15, 0.2) is 0 Å². The lowest BCUT2D eigenvalue weighted by Gasteiger charge is -2.07. The zero-order chi connectivity index (χ0) is 17.9. The molecule has 6 heteroatoms. The van der Waals surface area contributed by atoms with E-state index in [4.69, 9.17) is 4.74 Å². The average Bonchev–Trinajstić information content (AvgIpc) is 3.00. The summed E-state index contributed by atoms with van der Waals surface area (Å²) in [7, 11) is 1.90. The van der Waals surface area contributed by atoms with Gasteiger partial charge in [0.05, 0.1) is 5.52 Å². The third-order valence-corrected chi connectivity index (χ3v) is 4.01. The van der Waals surface area contributed by atoms with Crippen molar-refractivity contribution in [1.82, 2.24) is 14.8 Å². The quantitative estimate of drug-likeness (QED) is 0.603.